The van der Waals surface area contributed by atoms with Crippen molar-refractivity contribution in [2.45, 2.75) is 31.9 Å². The maximum atomic E-state index is 12.9. The summed E-state index contributed by atoms with van der Waals surface area (Å²) in [4.78, 5) is 9.70. The summed E-state index contributed by atoms with van der Waals surface area (Å²) in [6.45, 7) is 5.93. The fraction of sp³-hybridized carbons (Fsp3) is 0.296. The van der Waals surface area contributed by atoms with Gasteiger partial charge in [-0.15, -0.1) is 0 Å². The molecule has 0 radical (unpaired) electrons. The minimum Gasteiger partial charge on any atom is -0.373 e. The van der Waals surface area contributed by atoms with E-state index in [9.17, 15) is 8.42 Å². The molecule has 0 fully saturated rings. The Morgan fingerprint density at radius 2 is 1.82 bits per heavy atom. The second kappa shape index (κ2) is 9.24. The van der Waals surface area contributed by atoms with Crippen LogP contribution in [-0.4, -0.2) is 50.2 Å². The van der Waals surface area contributed by atoms with Crippen molar-refractivity contribution in [2.75, 3.05) is 23.5 Å². The van der Waals surface area contributed by atoms with E-state index in [2.05, 4.69) is 20.3 Å². The molecule has 39 heavy (non-hydrogen) atoms. The SMILES string of the molecule is Cc1cc(-c2ccc(Nc3cc(Nc4cc5n(c4)CCOC5)nc4c3nc(C)n4C)c(S(C)(=O)=O)c2)nn1C. The van der Waals surface area contributed by atoms with Crippen molar-refractivity contribution < 1.29 is 13.2 Å². The molecule has 6 rings (SSSR count). The highest BCUT2D eigenvalue weighted by atomic mass is 32.2. The van der Waals surface area contributed by atoms with E-state index in [-0.39, 0.29) is 4.90 Å². The summed E-state index contributed by atoms with van der Waals surface area (Å²) in [6.07, 6.45) is 3.25. The number of ether oxygens (including phenoxy) is 1. The van der Waals surface area contributed by atoms with Crippen LogP contribution < -0.4 is 10.6 Å². The standard InChI is InChI=1S/C27H30N8O3S/c1-16-10-22(32-34(16)4)18-6-7-21(24(11-18)39(5,36)37)30-23-13-25(31-27-26(23)28-17(2)33(27)3)29-19-12-20-15-38-9-8-35(20)14-19/h6-7,10-14H,8-9,15H2,1-5H3,(H2,29,30,31). The molecule has 1 aliphatic heterocycles. The van der Waals surface area contributed by atoms with E-state index in [0.717, 1.165) is 35.0 Å². The van der Waals surface area contributed by atoms with Gasteiger partial charge in [0, 0.05) is 56.1 Å². The van der Waals surface area contributed by atoms with Gasteiger partial charge in [0.15, 0.2) is 15.5 Å². The van der Waals surface area contributed by atoms with Gasteiger partial charge in [0.1, 0.15) is 17.2 Å². The van der Waals surface area contributed by atoms with Crippen LogP contribution in [-0.2, 0) is 41.8 Å². The van der Waals surface area contributed by atoms with Crippen LogP contribution in [0.1, 0.15) is 17.2 Å². The number of hydrogen-bond acceptors (Lipinski definition) is 8. The number of hydrogen-bond donors (Lipinski definition) is 2. The van der Waals surface area contributed by atoms with Crippen molar-refractivity contribution in [2.24, 2.45) is 14.1 Å². The van der Waals surface area contributed by atoms with Gasteiger partial charge in [0.25, 0.3) is 0 Å². The van der Waals surface area contributed by atoms with Crippen LogP contribution in [0.15, 0.2) is 47.5 Å². The molecule has 2 N–H and O–H groups in total. The van der Waals surface area contributed by atoms with Gasteiger partial charge in [-0.25, -0.2) is 18.4 Å². The third-order valence-corrected chi connectivity index (χ3v) is 8.23. The molecule has 0 bridgehead atoms. The first-order valence-electron chi connectivity index (χ1n) is 12.6. The first kappa shape index (κ1) is 25.1. The number of benzene rings is 1. The Balaban J connectivity index is 1.42. The maximum absolute atomic E-state index is 12.9. The number of imidazole rings is 1. The zero-order chi connectivity index (χ0) is 27.5. The first-order valence-corrected chi connectivity index (χ1v) is 14.5. The van der Waals surface area contributed by atoms with Crippen molar-refractivity contribution in [1.29, 1.82) is 0 Å². The largest absolute Gasteiger partial charge is 0.373 e. The minimum absolute atomic E-state index is 0.176. The summed E-state index contributed by atoms with van der Waals surface area (Å²) < 4.78 is 37.2. The molecule has 1 aliphatic rings. The van der Waals surface area contributed by atoms with Crippen molar-refractivity contribution in [3.8, 4) is 11.3 Å². The van der Waals surface area contributed by atoms with Crippen LogP contribution in [0.5, 0.6) is 0 Å². The average molecular weight is 547 g/mol. The van der Waals surface area contributed by atoms with E-state index >= 15 is 0 Å². The highest BCUT2D eigenvalue weighted by Gasteiger charge is 2.20. The van der Waals surface area contributed by atoms with Crippen LogP contribution in [0.25, 0.3) is 22.4 Å². The summed E-state index contributed by atoms with van der Waals surface area (Å²) in [5.41, 5.74) is 6.83. The summed E-state index contributed by atoms with van der Waals surface area (Å²) in [5.74, 6) is 1.40. The van der Waals surface area contributed by atoms with Gasteiger partial charge in [-0.2, -0.15) is 5.10 Å². The molecule has 0 aliphatic carbocycles. The quantitative estimate of drug-likeness (QED) is 0.325. The van der Waals surface area contributed by atoms with Gasteiger partial charge in [-0.05, 0) is 38.1 Å². The van der Waals surface area contributed by atoms with E-state index in [1.807, 2.05) is 63.0 Å². The fourth-order valence-electron chi connectivity index (χ4n) is 4.80. The summed E-state index contributed by atoms with van der Waals surface area (Å²) >= 11 is 0. The number of rotatable bonds is 6. The topological polar surface area (TPSA) is 121 Å². The van der Waals surface area contributed by atoms with Crippen molar-refractivity contribution in [3.05, 3.63) is 59.8 Å². The van der Waals surface area contributed by atoms with Gasteiger partial charge in [-0.3, -0.25) is 4.68 Å². The van der Waals surface area contributed by atoms with Gasteiger partial charge >= 0.3 is 0 Å². The van der Waals surface area contributed by atoms with E-state index in [4.69, 9.17) is 14.7 Å². The zero-order valence-electron chi connectivity index (χ0n) is 22.5. The lowest BCUT2D eigenvalue weighted by atomic mass is 10.1. The van der Waals surface area contributed by atoms with E-state index in [0.29, 0.717) is 47.3 Å². The molecule has 11 nitrogen and oxygen atoms in total. The van der Waals surface area contributed by atoms with Crippen LogP contribution in [0.4, 0.5) is 22.9 Å². The predicted octanol–water partition coefficient (Wildman–Crippen LogP) is 4.21. The summed E-state index contributed by atoms with van der Waals surface area (Å²) in [7, 11) is 0.195. The van der Waals surface area contributed by atoms with Crippen LogP contribution in [0.2, 0.25) is 0 Å². The molecule has 4 aromatic heterocycles. The minimum atomic E-state index is -3.57. The Morgan fingerprint density at radius 3 is 2.54 bits per heavy atom. The van der Waals surface area contributed by atoms with Crippen LogP contribution >= 0.6 is 0 Å². The van der Waals surface area contributed by atoms with Crippen LogP contribution in [0, 0.1) is 13.8 Å². The molecule has 0 saturated carbocycles. The molecular formula is C27H30N8O3S. The second-order valence-electron chi connectivity index (χ2n) is 9.94. The summed E-state index contributed by atoms with van der Waals surface area (Å²) in [5, 5.41) is 11.3. The van der Waals surface area contributed by atoms with Crippen molar-refractivity contribution in [1.82, 2.24) is 28.9 Å². The van der Waals surface area contributed by atoms with Crippen LogP contribution in [0.3, 0.4) is 0 Å². The Morgan fingerprint density at radius 1 is 1.00 bits per heavy atom. The highest BCUT2D eigenvalue weighted by Crippen LogP contribution is 2.34. The first-order chi connectivity index (χ1) is 18.6. The molecule has 0 unspecified atom stereocenters. The van der Waals surface area contributed by atoms with Gasteiger partial charge in [-0.1, -0.05) is 6.07 Å². The smallest absolute Gasteiger partial charge is 0.177 e. The Kier molecular flexibility index (Phi) is 5.96. The summed E-state index contributed by atoms with van der Waals surface area (Å²) in [6, 6.07) is 11.1. The molecule has 5 aromatic rings. The lowest BCUT2D eigenvalue weighted by Crippen LogP contribution is -2.14. The molecule has 0 amide bonds. The molecule has 5 heterocycles. The van der Waals surface area contributed by atoms with E-state index in [1.165, 1.54) is 6.26 Å². The molecule has 0 saturated heterocycles. The third kappa shape index (κ3) is 4.66. The maximum Gasteiger partial charge on any atom is 0.177 e. The second-order valence-corrected chi connectivity index (χ2v) is 11.9. The monoisotopic (exact) mass is 546 g/mol. The van der Waals surface area contributed by atoms with Gasteiger partial charge in [0.05, 0.1) is 40.9 Å². The predicted molar refractivity (Wildman–Crippen MR) is 150 cm³/mol. The number of nitrogens with zero attached hydrogens (tertiary/aromatic N) is 6. The van der Waals surface area contributed by atoms with E-state index in [1.54, 1.807) is 16.8 Å². The molecule has 202 valence electrons. The molecule has 0 atom stereocenters. The number of aromatic nitrogens is 6. The number of pyridine rings is 1. The molecule has 1 aromatic carbocycles. The van der Waals surface area contributed by atoms with Gasteiger partial charge in [0.2, 0.25) is 0 Å². The zero-order valence-corrected chi connectivity index (χ0v) is 23.3. The lowest BCUT2D eigenvalue weighted by Gasteiger charge is -2.14. The number of nitrogens with one attached hydrogen (secondary N) is 2. The number of fused-ring (bicyclic) bond motifs is 2. The fourth-order valence-corrected chi connectivity index (χ4v) is 5.66. The molecular weight excluding hydrogens is 516 g/mol. The van der Waals surface area contributed by atoms with Crippen molar-refractivity contribution in [3.63, 3.8) is 0 Å². The molecule has 12 heteroatoms. The normalized spacial score (nSPS) is 13.6. The van der Waals surface area contributed by atoms with E-state index < -0.39 is 9.84 Å². The number of aryl methyl sites for hydroxylation is 4. The third-order valence-electron chi connectivity index (χ3n) is 7.10. The van der Waals surface area contributed by atoms with Crippen molar-refractivity contribution >= 4 is 43.9 Å². The highest BCUT2D eigenvalue weighted by molar-refractivity contribution is 7.90. The van der Waals surface area contributed by atoms with Gasteiger partial charge < -0.3 is 24.5 Å². The Bertz CT molecular complexity index is 1810. The Labute approximate surface area is 226 Å². The Hall–Kier alpha value is -4.16. The number of anilines is 4. The average Bonchev–Trinajstić information content (AvgIpc) is 3.54. The number of sulfone groups is 1. The molecule has 0 spiro atoms. The lowest BCUT2D eigenvalue weighted by molar-refractivity contribution is 0.0850.